The zero-order valence-electron chi connectivity index (χ0n) is 18.6. The van der Waals surface area contributed by atoms with E-state index in [2.05, 4.69) is 27.3 Å². The molecule has 1 amide bonds. The highest BCUT2D eigenvalue weighted by molar-refractivity contribution is 6.00. The number of ether oxygens (including phenoxy) is 2. The van der Waals surface area contributed by atoms with E-state index in [1.165, 1.54) is 0 Å². The van der Waals surface area contributed by atoms with Crippen LogP contribution in [-0.4, -0.2) is 51.4 Å². The maximum Gasteiger partial charge on any atom is 0.230 e. The Morgan fingerprint density at radius 3 is 2.77 bits per heavy atom. The highest BCUT2D eigenvalue weighted by Crippen LogP contribution is 2.39. The van der Waals surface area contributed by atoms with Gasteiger partial charge in [-0.3, -0.25) is 4.79 Å². The smallest absolute Gasteiger partial charge is 0.230 e. The largest absolute Gasteiger partial charge is 0.383 e. The van der Waals surface area contributed by atoms with Gasteiger partial charge in [0.25, 0.3) is 0 Å². The highest BCUT2D eigenvalue weighted by Gasteiger charge is 2.33. The van der Waals surface area contributed by atoms with Gasteiger partial charge in [0, 0.05) is 51.2 Å². The van der Waals surface area contributed by atoms with Crippen molar-refractivity contribution in [1.82, 2.24) is 4.98 Å². The fourth-order valence-corrected chi connectivity index (χ4v) is 4.47. The van der Waals surface area contributed by atoms with Gasteiger partial charge in [-0.25, -0.2) is 4.98 Å². The average molecular weight is 425 g/mol. The van der Waals surface area contributed by atoms with Crippen molar-refractivity contribution in [2.75, 3.05) is 49.5 Å². The van der Waals surface area contributed by atoms with Gasteiger partial charge in [0.2, 0.25) is 5.91 Å². The number of amides is 1. The lowest BCUT2D eigenvalue weighted by Crippen LogP contribution is -2.38. The van der Waals surface area contributed by atoms with Crippen LogP contribution in [0.4, 0.5) is 22.9 Å². The molecule has 1 saturated carbocycles. The molecule has 0 atom stereocenters. The van der Waals surface area contributed by atoms with Crippen molar-refractivity contribution in [3.05, 3.63) is 42.1 Å². The fourth-order valence-electron chi connectivity index (χ4n) is 4.47. The van der Waals surface area contributed by atoms with Crippen LogP contribution in [0.1, 0.15) is 31.2 Å². The molecule has 1 fully saturated rings. The van der Waals surface area contributed by atoms with E-state index >= 15 is 0 Å². The van der Waals surface area contributed by atoms with Crippen LogP contribution in [0.25, 0.3) is 0 Å². The number of carbonyl (C=O) groups is 1. The van der Waals surface area contributed by atoms with Crippen molar-refractivity contribution < 1.29 is 14.3 Å². The summed E-state index contributed by atoms with van der Waals surface area (Å²) < 4.78 is 10.7. The normalized spacial score (nSPS) is 20.3. The molecular formula is C24H32N4O3. The van der Waals surface area contributed by atoms with Crippen LogP contribution in [-0.2, 0) is 20.8 Å². The first-order valence-corrected chi connectivity index (χ1v) is 11.0. The van der Waals surface area contributed by atoms with Crippen LogP contribution in [0.2, 0.25) is 0 Å². The predicted molar refractivity (Wildman–Crippen MR) is 123 cm³/mol. The van der Waals surface area contributed by atoms with Crippen LogP contribution >= 0.6 is 0 Å². The number of benzene rings is 1. The summed E-state index contributed by atoms with van der Waals surface area (Å²) >= 11 is 0. The topological polar surface area (TPSA) is 66.9 Å². The lowest BCUT2D eigenvalue weighted by Gasteiger charge is -2.32. The number of hydrogen-bond donors (Lipinski definition) is 1. The third kappa shape index (κ3) is 4.67. The Bertz CT molecular complexity index is 911. The lowest BCUT2D eigenvalue weighted by atomic mass is 9.86. The fraction of sp³-hybridized carbons (Fsp3) is 0.500. The number of pyridine rings is 1. The monoisotopic (exact) mass is 424 g/mol. The molecule has 0 unspecified atom stereocenters. The molecule has 1 aliphatic carbocycles. The summed E-state index contributed by atoms with van der Waals surface area (Å²) in [6, 6.07) is 10.2. The summed E-state index contributed by atoms with van der Waals surface area (Å²) in [6.07, 6.45) is 5.65. The minimum Gasteiger partial charge on any atom is -0.383 e. The Morgan fingerprint density at radius 2 is 2.03 bits per heavy atom. The van der Waals surface area contributed by atoms with E-state index in [1.807, 2.05) is 30.1 Å². The number of aromatic nitrogens is 1. The molecule has 0 spiro atoms. The molecule has 7 nitrogen and oxygen atoms in total. The van der Waals surface area contributed by atoms with Gasteiger partial charge in [0.15, 0.2) is 0 Å². The lowest BCUT2D eigenvalue weighted by molar-refractivity contribution is -0.124. The van der Waals surface area contributed by atoms with Crippen molar-refractivity contribution in [2.24, 2.45) is 5.92 Å². The molecule has 1 aromatic heterocycles. The number of rotatable bonds is 6. The van der Waals surface area contributed by atoms with E-state index in [4.69, 9.17) is 9.47 Å². The third-order valence-electron chi connectivity index (χ3n) is 6.44. The van der Waals surface area contributed by atoms with Gasteiger partial charge in [-0.2, -0.15) is 0 Å². The number of likely N-dealkylation sites (N-methyl/N-ethyl adjacent to an activating group) is 1. The molecule has 1 N–H and O–H groups in total. The quantitative estimate of drug-likeness (QED) is 0.757. The number of carbonyl (C=O) groups excluding carboxylic acids is 1. The molecule has 166 valence electrons. The molecule has 1 aromatic carbocycles. The molecular weight excluding hydrogens is 392 g/mol. The average Bonchev–Trinajstić information content (AvgIpc) is 2.98. The summed E-state index contributed by atoms with van der Waals surface area (Å²) in [4.78, 5) is 22.3. The maximum absolute atomic E-state index is 13.7. The standard InChI is InChI=1S/C24H32N4O3/c1-27(13-14-30-2)19-8-11-21-22(15-19)28(16-18-5-4-12-25-23(18)26-21)24(29)17-6-9-20(31-3)10-7-17/h4-5,8,11-12,15,17,20H,6-7,9-10,13-14,16H2,1-3H3,(H,25,26)/t17-,20-. The highest BCUT2D eigenvalue weighted by atomic mass is 16.5. The van der Waals surface area contributed by atoms with Gasteiger partial charge in [-0.15, -0.1) is 0 Å². The van der Waals surface area contributed by atoms with Gasteiger partial charge < -0.3 is 24.6 Å². The zero-order valence-corrected chi connectivity index (χ0v) is 18.6. The molecule has 0 bridgehead atoms. The van der Waals surface area contributed by atoms with Crippen molar-refractivity contribution >= 4 is 28.8 Å². The minimum absolute atomic E-state index is 0.0207. The van der Waals surface area contributed by atoms with Crippen LogP contribution < -0.4 is 15.1 Å². The summed E-state index contributed by atoms with van der Waals surface area (Å²) in [5.74, 6) is 1.01. The van der Waals surface area contributed by atoms with Gasteiger partial charge in [-0.05, 0) is 49.9 Å². The second kappa shape index (κ2) is 9.66. The van der Waals surface area contributed by atoms with Gasteiger partial charge in [0.1, 0.15) is 5.82 Å². The van der Waals surface area contributed by atoms with Crippen molar-refractivity contribution in [3.8, 4) is 0 Å². The Balaban J connectivity index is 1.67. The molecule has 2 heterocycles. The number of methoxy groups -OCH3 is 2. The van der Waals surface area contributed by atoms with Gasteiger partial charge in [0.05, 0.1) is 30.6 Å². The molecule has 0 saturated heterocycles. The Hall–Kier alpha value is -2.64. The molecule has 1 aliphatic heterocycles. The second-order valence-electron chi connectivity index (χ2n) is 8.39. The van der Waals surface area contributed by atoms with Crippen LogP contribution in [0, 0.1) is 5.92 Å². The number of fused-ring (bicyclic) bond motifs is 2. The molecule has 7 heteroatoms. The first-order valence-electron chi connectivity index (χ1n) is 11.0. The van der Waals surface area contributed by atoms with E-state index in [9.17, 15) is 4.79 Å². The Kier molecular flexibility index (Phi) is 6.73. The number of hydrogen-bond acceptors (Lipinski definition) is 6. The summed E-state index contributed by atoms with van der Waals surface area (Å²) in [5.41, 5.74) is 3.88. The first kappa shape index (κ1) is 21.6. The summed E-state index contributed by atoms with van der Waals surface area (Å²) in [7, 11) is 5.51. The number of anilines is 4. The third-order valence-corrected chi connectivity index (χ3v) is 6.44. The second-order valence-corrected chi connectivity index (χ2v) is 8.39. The Labute approximate surface area is 184 Å². The van der Waals surface area contributed by atoms with Crippen LogP contribution in [0.5, 0.6) is 0 Å². The molecule has 2 aromatic rings. The van der Waals surface area contributed by atoms with E-state index < -0.39 is 0 Å². The molecule has 2 aliphatic rings. The van der Waals surface area contributed by atoms with E-state index in [-0.39, 0.29) is 17.9 Å². The van der Waals surface area contributed by atoms with Crippen LogP contribution in [0.15, 0.2) is 36.5 Å². The van der Waals surface area contributed by atoms with E-state index in [1.54, 1.807) is 20.4 Å². The van der Waals surface area contributed by atoms with Crippen LogP contribution in [0.3, 0.4) is 0 Å². The maximum atomic E-state index is 13.7. The number of nitrogens with one attached hydrogen (secondary N) is 1. The molecule has 0 radical (unpaired) electrons. The first-order chi connectivity index (χ1) is 15.1. The van der Waals surface area contributed by atoms with Gasteiger partial charge in [-0.1, -0.05) is 6.07 Å². The van der Waals surface area contributed by atoms with Crippen molar-refractivity contribution in [3.63, 3.8) is 0 Å². The predicted octanol–water partition coefficient (Wildman–Crippen LogP) is 3.96. The zero-order chi connectivity index (χ0) is 21.8. The summed E-state index contributed by atoms with van der Waals surface area (Å²) in [5, 5.41) is 3.45. The number of nitrogens with zero attached hydrogens (tertiary/aromatic N) is 3. The van der Waals surface area contributed by atoms with Crippen molar-refractivity contribution in [2.45, 2.75) is 38.3 Å². The molecule has 31 heavy (non-hydrogen) atoms. The van der Waals surface area contributed by atoms with E-state index in [0.717, 1.165) is 60.7 Å². The van der Waals surface area contributed by atoms with Gasteiger partial charge >= 0.3 is 0 Å². The SMILES string of the molecule is COCCN(C)c1ccc2c(c1)N(C(=O)[C@H]1CC[C@H](OC)CC1)Cc1cccnc1N2. The van der Waals surface area contributed by atoms with E-state index in [0.29, 0.717) is 13.2 Å². The summed E-state index contributed by atoms with van der Waals surface area (Å²) in [6.45, 7) is 1.93. The van der Waals surface area contributed by atoms with Crippen molar-refractivity contribution in [1.29, 1.82) is 0 Å². The Morgan fingerprint density at radius 1 is 1.23 bits per heavy atom. The minimum atomic E-state index is 0.0207. The molecule has 4 rings (SSSR count).